The quantitative estimate of drug-likeness (QED) is 0.648. The van der Waals surface area contributed by atoms with Gasteiger partial charge in [-0.25, -0.2) is 0 Å². The van der Waals surface area contributed by atoms with Gasteiger partial charge in [0.1, 0.15) is 18.6 Å². The first-order valence-corrected chi connectivity index (χ1v) is 7.22. The van der Waals surface area contributed by atoms with Gasteiger partial charge in [0, 0.05) is 10.5 Å². The van der Waals surface area contributed by atoms with Crippen molar-refractivity contribution in [1.29, 1.82) is 0 Å². The summed E-state index contributed by atoms with van der Waals surface area (Å²) in [5.74, 6) is -1.54. The summed E-state index contributed by atoms with van der Waals surface area (Å²) in [6, 6.07) is 4.13. The fourth-order valence-corrected chi connectivity index (χ4v) is 2.38. The number of imidazole rings is 1. The molecule has 2 aromatic rings. The molecule has 0 fully saturated rings. The largest absolute Gasteiger partial charge is 0.573 e. The number of hydrogen-bond donors (Lipinski definition) is 1. The normalized spacial score (nSPS) is 16.3. The summed E-state index contributed by atoms with van der Waals surface area (Å²) in [5.41, 5.74) is -0.0332. The molecule has 0 saturated carbocycles. The Labute approximate surface area is 143 Å². The number of aromatic nitrogens is 2. The van der Waals surface area contributed by atoms with Crippen LogP contribution in [0, 0.1) is 10.1 Å². The Hall–Kier alpha value is -3.31. The number of hydrogen-bond acceptors (Lipinski definition) is 6. The van der Waals surface area contributed by atoms with E-state index in [9.17, 15) is 28.1 Å². The third kappa shape index (κ3) is 4.02. The fourth-order valence-electron chi connectivity index (χ4n) is 2.38. The van der Waals surface area contributed by atoms with E-state index in [4.69, 9.17) is 4.74 Å². The minimum Gasteiger partial charge on any atom is -0.444 e. The van der Waals surface area contributed by atoms with Crippen molar-refractivity contribution >= 4 is 11.7 Å². The van der Waals surface area contributed by atoms with Crippen molar-refractivity contribution in [2.24, 2.45) is 0 Å². The third-order valence-electron chi connectivity index (χ3n) is 3.41. The first kappa shape index (κ1) is 17.5. The summed E-state index contributed by atoms with van der Waals surface area (Å²) in [6.07, 6.45) is -3.69. The summed E-state index contributed by atoms with van der Waals surface area (Å²) in [5, 5.41) is 13.3. The van der Waals surface area contributed by atoms with E-state index in [0.717, 1.165) is 12.1 Å². The molecule has 1 aliphatic heterocycles. The SMILES string of the molecule is O=C(N[C@@H]1COc2nc([N+](=O)[O-])cn2C1)c1cccc(OC(F)(F)F)c1. The second-order valence-corrected chi connectivity index (χ2v) is 5.35. The molecular weight excluding hydrogens is 361 g/mol. The average molecular weight is 372 g/mol. The van der Waals surface area contributed by atoms with E-state index in [1.807, 2.05) is 0 Å². The standard InChI is InChI=1S/C14H11F3N4O5/c15-14(16,17)26-10-3-1-2-8(4-10)12(22)18-9-5-20-6-11(21(23)24)19-13(20)25-7-9/h1-4,6,9H,5,7H2,(H,18,22)/t9-/m0/s1. The lowest BCUT2D eigenvalue weighted by Gasteiger charge is -2.23. The molecule has 0 unspecified atom stereocenters. The van der Waals surface area contributed by atoms with Crippen LogP contribution < -0.4 is 14.8 Å². The number of amides is 1. The van der Waals surface area contributed by atoms with Crippen LogP contribution >= 0.6 is 0 Å². The van der Waals surface area contributed by atoms with Gasteiger partial charge in [0.25, 0.3) is 5.91 Å². The lowest BCUT2D eigenvalue weighted by Crippen LogP contribution is -2.44. The van der Waals surface area contributed by atoms with Crippen LogP contribution in [0.3, 0.4) is 0 Å². The fraction of sp³-hybridized carbons (Fsp3) is 0.286. The first-order valence-electron chi connectivity index (χ1n) is 7.22. The number of ether oxygens (including phenoxy) is 2. The zero-order valence-corrected chi connectivity index (χ0v) is 12.9. The van der Waals surface area contributed by atoms with E-state index in [1.54, 1.807) is 0 Å². The van der Waals surface area contributed by atoms with Gasteiger partial charge in [-0.1, -0.05) is 6.07 Å². The molecule has 138 valence electrons. The second kappa shape index (κ2) is 6.54. The highest BCUT2D eigenvalue weighted by Gasteiger charge is 2.32. The highest BCUT2D eigenvalue weighted by molar-refractivity contribution is 5.94. The molecule has 0 spiro atoms. The summed E-state index contributed by atoms with van der Waals surface area (Å²) in [4.78, 5) is 25.9. The smallest absolute Gasteiger partial charge is 0.444 e. The van der Waals surface area contributed by atoms with E-state index < -0.39 is 29.0 Å². The number of halogens is 3. The number of alkyl halides is 3. The maximum absolute atomic E-state index is 12.3. The molecule has 0 saturated heterocycles. The van der Waals surface area contributed by atoms with Crippen molar-refractivity contribution in [1.82, 2.24) is 14.9 Å². The maximum atomic E-state index is 12.3. The lowest BCUT2D eigenvalue weighted by atomic mass is 10.2. The summed E-state index contributed by atoms with van der Waals surface area (Å²) >= 11 is 0. The second-order valence-electron chi connectivity index (χ2n) is 5.35. The van der Waals surface area contributed by atoms with Crippen molar-refractivity contribution in [3.05, 3.63) is 46.1 Å². The Bertz CT molecular complexity index is 851. The van der Waals surface area contributed by atoms with Crippen LogP contribution in [-0.4, -0.2) is 39.4 Å². The van der Waals surface area contributed by atoms with Crippen molar-refractivity contribution in [3.63, 3.8) is 0 Å². The van der Waals surface area contributed by atoms with Crippen LogP contribution in [0.2, 0.25) is 0 Å². The van der Waals surface area contributed by atoms with Crippen LogP contribution in [0.15, 0.2) is 30.5 Å². The van der Waals surface area contributed by atoms with Gasteiger partial charge in [-0.05, 0) is 23.1 Å². The van der Waals surface area contributed by atoms with Crippen molar-refractivity contribution in [2.75, 3.05) is 6.61 Å². The molecule has 1 aromatic carbocycles. The summed E-state index contributed by atoms with van der Waals surface area (Å²) in [7, 11) is 0. The molecule has 1 atom stereocenters. The van der Waals surface area contributed by atoms with E-state index in [0.29, 0.717) is 0 Å². The van der Waals surface area contributed by atoms with Gasteiger partial charge >= 0.3 is 18.2 Å². The van der Waals surface area contributed by atoms with Crippen LogP contribution in [0.25, 0.3) is 0 Å². The Morgan fingerprint density at radius 3 is 2.92 bits per heavy atom. The molecule has 0 bridgehead atoms. The van der Waals surface area contributed by atoms with Gasteiger partial charge in [0.05, 0.1) is 12.6 Å². The molecule has 3 rings (SSSR count). The maximum Gasteiger partial charge on any atom is 0.573 e. The van der Waals surface area contributed by atoms with Gasteiger partial charge in [0.15, 0.2) is 0 Å². The Balaban J connectivity index is 1.67. The molecule has 1 N–H and O–H groups in total. The van der Waals surface area contributed by atoms with Gasteiger partial charge in [-0.15, -0.1) is 13.2 Å². The van der Waals surface area contributed by atoms with Gasteiger partial charge in [-0.3, -0.25) is 9.36 Å². The summed E-state index contributed by atoms with van der Waals surface area (Å²) < 4.78 is 47.1. The zero-order chi connectivity index (χ0) is 18.9. The monoisotopic (exact) mass is 372 g/mol. The lowest BCUT2D eigenvalue weighted by molar-refractivity contribution is -0.389. The van der Waals surface area contributed by atoms with Crippen LogP contribution in [-0.2, 0) is 6.54 Å². The van der Waals surface area contributed by atoms with Crippen LogP contribution in [0.1, 0.15) is 10.4 Å². The number of rotatable bonds is 4. The minimum absolute atomic E-state index is 0.0125. The Morgan fingerprint density at radius 1 is 1.46 bits per heavy atom. The minimum atomic E-state index is -4.86. The number of nitro groups is 1. The topological polar surface area (TPSA) is 109 Å². The predicted octanol–water partition coefficient (Wildman–Crippen LogP) is 1.88. The molecule has 2 heterocycles. The number of fused-ring (bicyclic) bond motifs is 1. The Kier molecular flexibility index (Phi) is 4.40. The molecule has 1 amide bonds. The molecule has 1 aliphatic rings. The molecule has 1 aromatic heterocycles. The van der Waals surface area contributed by atoms with E-state index in [-0.39, 0.29) is 30.5 Å². The van der Waals surface area contributed by atoms with Gasteiger partial charge in [-0.2, -0.15) is 0 Å². The van der Waals surface area contributed by atoms with Crippen molar-refractivity contribution in [2.45, 2.75) is 18.9 Å². The highest BCUT2D eigenvalue weighted by atomic mass is 19.4. The van der Waals surface area contributed by atoms with Crippen molar-refractivity contribution < 1.29 is 32.4 Å². The van der Waals surface area contributed by atoms with E-state index >= 15 is 0 Å². The predicted molar refractivity (Wildman–Crippen MR) is 78.8 cm³/mol. The third-order valence-corrected chi connectivity index (χ3v) is 3.41. The summed E-state index contributed by atoms with van der Waals surface area (Å²) in [6.45, 7) is 0.180. The zero-order valence-electron chi connectivity index (χ0n) is 12.9. The molecule has 0 radical (unpaired) electrons. The number of carbonyl (C=O) groups excluding carboxylic acids is 1. The molecule has 12 heteroatoms. The van der Waals surface area contributed by atoms with E-state index in [1.165, 1.54) is 22.9 Å². The highest BCUT2D eigenvalue weighted by Crippen LogP contribution is 2.24. The number of carbonyl (C=O) groups is 1. The average Bonchev–Trinajstić information content (AvgIpc) is 2.97. The Morgan fingerprint density at radius 2 is 2.23 bits per heavy atom. The van der Waals surface area contributed by atoms with Gasteiger partial charge in [0.2, 0.25) is 0 Å². The van der Waals surface area contributed by atoms with E-state index in [2.05, 4.69) is 15.0 Å². The first-order chi connectivity index (χ1) is 12.2. The van der Waals surface area contributed by atoms with Crippen molar-refractivity contribution in [3.8, 4) is 11.8 Å². The molecule has 26 heavy (non-hydrogen) atoms. The van der Waals surface area contributed by atoms with Crippen LogP contribution in [0.5, 0.6) is 11.8 Å². The number of nitrogens with one attached hydrogen (secondary N) is 1. The molecular formula is C14H11F3N4O5. The number of nitrogens with zero attached hydrogens (tertiary/aromatic N) is 3. The number of benzene rings is 1. The molecule has 0 aliphatic carbocycles. The van der Waals surface area contributed by atoms with Gasteiger partial charge < -0.3 is 24.9 Å². The van der Waals surface area contributed by atoms with Crippen LogP contribution in [0.4, 0.5) is 19.0 Å². The molecule has 9 nitrogen and oxygen atoms in total.